The zero-order chi connectivity index (χ0) is 6.27. The normalized spacial score (nSPS) is 39.4. The van der Waals surface area contributed by atoms with E-state index in [4.69, 9.17) is 4.74 Å². The molecule has 2 aliphatic rings. The predicted octanol–water partition coefficient (Wildman–Crippen LogP) is 1.88. The Balaban J connectivity index is 2.18. The molecule has 1 fully saturated rings. The summed E-state index contributed by atoms with van der Waals surface area (Å²) in [5.41, 5.74) is 1.53. The first kappa shape index (κ1) is 5.48. The van der Waals surface area contributed by atoms with Crippen LogP contribution in [0.5, 0.6) is 0 Å². The molecular weight excluding hydrogens is 112 g/mol. The minimum atomic E-state index is 0.491. The van der Waals surface area contributed by atoms with Gasteiger partial charge in [-0.25, -0.2) is 0 Å². The van der Waals surface area contributed by atoms with Gasteiger partial charge in [0.15, 0.2) is 0 Å². The van der Waals surface area contributed by atoms with Crippen LogP contribution >= 0.6 is 0 Å². The molecule has 0 aromatic carbocycles. The van der Waals surface area contributed by atoms with Crippen LogP contribution in [0.2, 0.25) is 0 Å². The van der Waals surface area contributed by atoms with Gasteiger partial charge in [-0.15, -0.1) is 0 Å². The highest BCUT2D eigenvalue weighted by atomic mass is 16.5. The standard InChI is InChI=1S/C8H12O/c1-2-6-5-7-3-4-8(6)9-7/h5,7-8H,2-4H2,1H3/t7?,8-/m0/s1. The molecule has 2 atom stereocenters. The van der Waals surface area contributed by atoms with Crippen molar-refractivity contribution in [2.45, 2.75) is 38.4 Å². The average Bonchev–Trinajstić information content (AvgIpc) is 2.45. The minimum Gasteiger partial charge on any atom is -0.367 e. The van der Waals surface area contributed by atoms with Crippen molar-refractivity contribution in [3.8, 4) is 0 Å². The maximum absolute atomic E-state index is 5.58. The van der Waals surface area contributed by atoms with Crippen molar-refractivity contribution < 1.29 is 4.74 Å². The summed E-state index contributed by atoms with van der Waals surface area (Å²) >= 11 is 0. The highest BCUT2D eigenvalue weighted by Gasteiger charge is 2.32. The smallest absolute Gasteiger partial charge is 0.0795 e. The van der Waals surface area contributed by atoms with E-state index in [-0.39, 0.29) is 0 Å². The number of rotatable bonds is 1. The largest absolute Gasteiger partial charge is 0.367 e. The first-order valence-corrected chi connectivity index (χ1v) is 3.76. The summed E-state index contributed by atoms with van der Waals surface area (Å²) in [5.74, 6) is 0. The van der Waals surface area contributed by atoms with E-state index in [1.807, 2.05) is 0 Å². The van der Waals surface area contributed by atoms with Crippen LogP contribution in [0.3, 0.4) is 0 Å². The Labute approximate surface area is 55.7 Å². The highest BCUT2D eigenvalue weighted by Crippen LogP contribution is 2.34. The third-order valence-corrected chi connectivity index (χ3v) is 2.27. The van der Waals surface area contributed by atoms with Gasteiger partial charge in [0.1, 0.15) is 0 Å². The van der Waals surface area contributed by atoms with Crippen molar-refractivity contribution in [3.63, 3.8) is 0 Å². The summed E-state index contributed by atoms with van der Waals surface area (Å²) < 4.78 is 5.58. The molecule has 0 saturated carbocycles. The van der Waals surface area contributed by atoms with Crippen LogP contribution in [0.1, 0.15) is 26.2 Å². The van der Waals surface area contributed by atoms with Gasteiger partial charge >= 0.3 is 0 Å². The van der Waals surface area contributed by atoms with E-state index in [0.29, 0.717) is 12.2 Å². The van der Waals surface area contributed by atoms with Crippen molar-refractivity contribution >= 4 is 0 Å². The second kappa shape index (κ2) is 1.84. The van der Waals surface area contributed by atoms with Crippen LogP contribution in [-0.4, -0.2) is 12.2 Å². The van der Waals surface area contributed by atoms with Gasteiger partial charge in [-0.3, -0.25) is 0 Å². The first-order valence-electron chi connectivity index (χ1n) is 3.76. The van der Waals surface area contributed by atoms with E-state index in [2.05, 4.69) is 13.0 Å². The monoisotopic (exact) mass is 124 g/mol. The Kier molecular flexibility index (Phi) is 1.12. The van der Waals surface area contributed by atoms with Crippen LogP contribution in [0, 0.1) is 0 Å². The Bertz CT molecular complexity index is 149. The molecule has 1 heteroatoms. The van der Waals surface area contributed by atoms with Gasteiger partial charge in [0.2, 0.25) is 0 Å². The number of hydrogen-bond acceptors (Lipinski definition) is 1. The van der Waals surface area contributed by atoms with Gasteiger partial charge in [0.05, 0.1) is 12.2 Å². The minimum absolute atomic E-state index is 0.491. The molecule has 0 N–H and O–H groups in total. The Hall–Kier alpha value is -0.300. The van der Waals surface area contributed by atoms with Crippen molar-refractivity contribution in [1.29, 1.82) is 0 Å². The van der Waals surface area contributed by atoms with E-state index in [9.17, 15) is 0 Å². The summed E-state index contributed by atoms with van der Waals surface area (Å²) in [6, 6.07) is 0. The Morgan fingerprint density at radius 2 is 2.56 bits per heavy atom. The number of ether oxygens (including phenoxy) is 1. The third kappa shape index (κ3) is 0.715. The molecule has 2 heterocycles. The molecule has 2 rings (SSSR count). The molecule has 0 aromatic heterocycles. The third-order valence-electron chi connectivity index (χ3n) is 2.27. The van der Waals surface area contributed by atoms with Gasteiger partial charge in [-0.05, 0) is 24.8 Å². The van der Waals surface area contributed by atoms with Crippen LogP contribution in [0.15, 0.2) is 11.6 Å². The highest BCUT2D eigenvalue weighted by molar-refractivity contribution is 5.19. The molecule has 0 radical (unpaired) electrons. The van der Waals surface area contributed by atoms with Gasteiger partial charge in [0.25, 0.3) is 0 Å². The predicted molar refractivity (Wildman–Crippen MR) is 36.3 cm³/mol. The lowest BCUT2D eigenvalue weighted by molar-refractivity contribution is 0.115. The van der Waals surface area contributed by atoms with Crippen LogP contribution in [0.25, 0.3) is 0 Å². The van der Waals surface area contributed by atoms with Crippen molar-refractivity contribution in [2.75, 3.05) is 0 Å². The van der Waals surface area contributed by atoms with Crippen molar-refractivity contribution in [3.05, 3.63) is 11.6 Å². The van der Waals surface area contributed by atoms with Crippen LogP contribution < -0.4 is 0 Å². The second-order valence-electron chi connectivity index (χ2n) is 2.84. The summed E-state index contributed by atoms with van der Waals surface area (Å²) in [7, 11) is 0. The lowest BCUT2D eigenvalue weighted by Crippen LogP contribution is -2.03. The fourth-order valence-corrected chi connectivity index (χ4v) is 1.75. The van der Waals surface area contributed by atoms with E-state index in [0.717, 1.165) is 0 Å². The molecular formula is C8H12O. The molecule has 2 bridgehead atoms. The number of fused-ring (bicyclic) bond motifs is 2. The van der Waals surface area contributed by atoms with E-state index in [1.165, 1.54) is 24.8 Å². The molecule has 2 aliphatic heterocycles. The molecule has 0 aromatic rings. The van der Waals surface area contributed by atoms with E-state index < -0.39 is 0 Å². The van der Waals surface area contributed by atoms with E-state index >= 15 is 0 Å². The Morgan fingerprint density at radius 3 is 2.89 bits per heavy atom. The molecule has 0 amide bonds. The lowest BCUT2D eigenvalue weighted by atomic mass is 9.98. The number of hydrogen-bond donors (Lipinski definition) is 0. The van der Waals surface area contributed by atoms with Gasteiger partial charge in [-0.1, -0.05) is 13.0 Å². The molecule has 0 spiro atoms. The maximum Gasteiger partial charge on any atom is 0.0795 e. The summed E-state index contributed by atoms with van der Waals surface area (Å²) in [5, 5.41) is 0. The maximum atomic E-state index is 5.58. The quantitative estimate of drug-likeness (QED) is 0.485. The van der Waals surface area contributed by atoms with Crippen LogP contribution in [-0.2, 0) is 4.74 Å². The zero-order valence-corrected chi connectivity index (χ0v) is 5.76. The SMILES string of the molecule is CCC1=CC2CC[C@@H]1O2. The second-order valence-corrected chi connectivity index (χ2v) is 2.84. The molecule has 1 unspecified atom stereocenters. The zero-order valence-electron chi connectivity index (χ0n) is 5.76. The Morgan fingerprint density at radius 1 is 1.67 bits per heavy atom. The first-order chi connectivity index (χ1) is 4.40. The van der Waals surface area contributed by atoms with Gasteiger partial charge < -0.3 is 4.74 Å². The van der Waals surface area contributed by atoms with Gasteiger partial charge in [-0.2, -0.15) is 0 Å². The average molecular weight is 124 g/mol. The van der Waals surface area contributed by atoms with Crippen molar-refractivity contribution in [2.24, 2.45) is 0 Å². The fourth-order valence-electron chi connectivity index (χ4n) is 1.75. The summed E-state index contributed by atoms with van der Waals surface area (Å²) in [6.07, 6.45) is 7.01. The summed E-state index contributed by atoms with van der Waals surface area (Å²) in [4.78, 5) is 0. The van der Waals surface area contributed by atoms with E-state index in [1.54, 1.807) is 0 Å². The van der Waals surface area contributed by atoms with Gasteiger partial charge in [0, 0.05) is 0 Å². The molecule has 0 aliphatic carbocycles. The molecule has 1 saturated heterocycles. The fraction of sp³-hybridized carbons (Fsp3) is 0.750. The molecule has 50 valence electrons. The lowest BCUT2D eigenvalue weighted by Gasteiger charge is -2.06. The topological polar surface area (TPSA) is 9.23 Å². The molecule has 9 heavy (non-hydrogen) atoms. The van der Waals surface area contributed by atoms with Crippen LogP contribution in [0.4, 0.5) is 0 Å². The van der Waals surface area contributed by atoms with Crippen molar-refractivity contribution in [1.82, 2.24) is 0 Å². The molecule has 1 nitrogen and oxygen atoms in total. The summed E-state index contributed by atoms with van der Waals surface area (Å²) in [6.45, 7) is 2.20.